The zero-order chi connectivity index (χ0) is 22.3. The number of alkyl halides is 3. The van der Waals surface area contributed by atoms with Crippen molar-refractivity contribution in [1.29, 1.82) is 0 Å². The van der Waals surface area contributed by atoms with Gasteiger partial charge in [0.15, 0.2) is 0 Å². The van der Waals surface area contributed by atoms with Gasteiger partial charge in [-0.15, -0.1) is 0 Å². The zero-order valence-electron chi connectivity index (χ0n) is 16.8. The molecule has 3 rings (SSSR count). The van der Waals surface area contributed by atoms with Gasteiger partial charge in [0.1, 0.15) is 6.04 Å². The molecule has 1 unspecified atom stereocenters. The zero-order valence-corrected chi connectivity index (χ0v) is 17.6. The van der Waals surface area contributed by atoms with Crippen LogP contribution in [0.25, 0.3) is 5.69 Å². The van der Waals surface area contributed by atoms with E-state index in [-0.39, 0.29) is 24.3 Å². The number of rotatable bonds is 5. The molecule has 0 aliphatic carbocycles. The van der Waals surface area contributed by atoms with Gasteiger partial charge in [-0.2, -0.15) is 22.6 Å². The normalized spacial score (nSPS) is 18.0. The maximum atomic E-state index is 13.7. The summed E-state index contributed by atoms with van der Waals surface area (Å²) < 4.78 is 67.1. The fourth-order valence-corrected chi connectivity index (χ4v) is 4.83. The summed E-state index contributed by atoms with van der Waals surface area (Å²) in [5.41, 5.74) is 0.666. The minimum Gasteiger partial charge on any atom is -0.351 e. The summed E-state index contributed by atoms with van der Waals surface area (Å²) in [6, 6.07) is 4.67. The number of amides is 1. The maximum absolute atomic E-state index is 13.7. The Morgan fingerprint density at radius 2 is 1.97 bits per heavy atom. The third kappa shape index (κ3) is 4.67. The van der Waals surface area contributed by atoms with E-state index in [1.54, 1.807) is 19.9 Å². The number of sulfonamides is 1. The van der Waals surface area contributed by atoms with Crippen LogP contribution >= 0.6 is 0 Å². The molecule has 1 fully saturated rings. The highest BCUT2D eigenvalue weighted by Crippen LogP contribution is 2.34. The third-order valence-electron chi connectivity index (χ3n) is 5.04. The van der Waals surface area contributed by atoms with E-state index in [1.165, 1.54) is 16.8 Å². The standard InChI is InChI=1S/C19H23F3N4O3S/c1-12-9-13(2)26(24-12)15-7-6-14(16(10-15)19(20,21)22)11-23-18(27)17-5-4-8-25(17)30(3,28)29/h6-7,9-10,17H,4-5,8,11H2,1-3H3,(H,23,27). The molecule has 0 spiro atoms. The topological polar surface area (TPSA) is 84.3 Å². The molecule has 30 heavy (non-hydrogen) atoms. The summed E-state index contributed by atoms with van der Waals surface area (Å²) in [6.07, 6.45) is -2.76. The Morgan fingerprint density at radius 3 is 2.53 bits per heavy atom. The molecule has 1 aromatic carbocycles. The molecule has 1 amide bonds. The Bertz CT molecular complexity index is 1060. The summed E-state index contributed by atoms with van der Waals surface area (Å²) in [4.78, 5) is 12.5. The summed E-state index contributed by atoms with van der Waals surface area (Å²) in [6.45, 7) is 3.36. The molecule has 2 aromatic rings. The van der Waals surface area contributed by atoms with E-state index in [0.29, 0.717) is 24.2 Å². The van der Waals surface area contributed by atoms with Gasteiger partial charge in [-0.1, -0.05) is 6.07 Å². The van der Waals surface area contributed by atoms with Crippen LogP contribution in [0, 0.1) is 13.8 Å². The van der Waals surface area contributed by atoms with Crippen molar-refractivity contribution >= 4 is 15.9 Å². The molecule has 0 saturated carbocycles. The number of carbonyl (C=O) groups is 1. The molecule has 7 nitrogen and oxygen atoms in total. The van der Waals surface area contributed by atoms with Crippen LogP contribution in [0.2, 0.25) is 0 Å². The second-order valence-electron chi connectivity index (χ2n) is 7.43. The van der Waals surface area contributed by atoms with Gasteiger partial charge in [-0.3, -0.25) is 4.79 Å². The fourth-order valence-electron chi connectivity index (χ4n) is 3.70. The SMILES string of the molecule is Cc1cc(C)n(-c2ccc(CNC(=O)C3CCCN3S(C)(=O)=O)c(C(F)(F)F)c2)n1. The van der Waals surface area contributed by atoms with Crippen LogP contribution in [0.5, 0.6) is 0 Å². The first-order chi connectivity index (χ1) is 13.9. The number of nitrogens with one attached hydrogen (secondary N) is 1. The van der Waals surface area contributed by atoms with Gasteiger partial charge >= 0.3 is 6.18 Å². The van der Waals surface area contributed by atoms with Gasteiger partial charge in [-0.05, 0) is 50.5 Å². The highest BCUT2D eigenvalue weighted by atomic mass is 32.2. The largest absolute Gasteiger partial charge is 0.416 e. The Balaban J connectivity index is 1.84. The number of carbonyl (C=O) groups excluding carboxylic acids is 1. The lowest BCUT2D eigenvalue weighted by molar-refractivity contribution is -0.138. The molecule has 2 heterocycles. The number of aryl methyl sites for hydroxylation is 2. The molecule has 1 aromatic heterocycles. The second-order valence-corrected chi connectivity index (χ2v) is 9.36. The van der Waals surface area contributed by atoms with Crippen molar-refractivity contribution < 1.29 is 26.4 Å². The summed E-state index contributed by atoms with van der Waals surface area (Å²) in [7, 11) is -3.57. The maximum Gasteiger partial charge on any atom is 0.416 e. The minimum atomic E-state index is -4.63. The van der Waals surface area contributed by atoms with Crippen LogP contribution in [0.3, 0.4) is 0 Å². The lowest BCUT2D eigenvalue weighted by Crippen LogP contribution is -2.45. The minimum absolute atomic E-state index is 0.106. The summed E-state index contributed by atoms with van der Waals surface area (Å²) in [5.74, 6) is -0.603. The average Bonchev–Trinajstić information content (AvgIpc) is 3.25. The van der Waals surface area contributed by atoms with Crippen molar-refractivity contribution in [2.45, 2.75) is 45.5 Å². The van der Waals surface area contributed by atoms with Gasteiger partial charge in [0.25, 0.3) is 0 Å². The Kier molecular flexibility index (Phi) is 5.96. The molecule has 0 radical (unpaired) electrons. The van der Waals surface area contributed by atoms with E-state index in [4.69, 9.17) is 0 Å². The molecule has 1 saturated heterocycles. The molecular weight excluding hydrogens is 421 g/mol. The Morgan fingerprint density at radius 1 is 1.27 bits per heavy atom. The van der Waals surface area contributed by atoms with Crippen LogP contribution < -0.4 is 5.32 Å². The van der Waals surface area contributed by atoms with Crippen LogP contribution in [-0.2, 0) is 27.5 Å². The smallest absolute Gasteiger partial charge is 0.351 e. The monoisotopic (exact) mass is 444 g/mol. The molecule has 11 heteroatoms. The number of benzene rings is 1. The molecule has 1 aliphatic rings. The van der Waals surface area contributed by atoms with Gasteiger partial charge in [-0.25, -0.2) is 13.1 Å². The van der Waals surface area contributed by atoms with Gasteiger partial charge in [0, 0.05) is 18.8 Å². The third-order valence-corrected chi connectivity index (χ3v) is 6.33. The van der Waals surface area contributed by atoms with E-state index in [2.05, 4.69) is 10.4 Å². The molecular formula is C19H23F3N4O3S. The average molecular weight is 444 g/mol. The predicted octanol–water partition coefficient (Wildman–Crippen LogP) is 2.55. The first kappa shape index (κ1) is 22.3. The highest BCUT2D eigenvalue weighted by molar-refractivity contribution is 7.88. The van der Waals surface area contributed by atoms with Crippen LogP contribution in [0.4, 0.5) is 13.2 Å². The molecule has 164 valence electrons. The molecule has 1 N–H and O–H groups in total. The van der Waals surface area contributed by atoms with Crippen molar-refractivity contribution in [2.24, 2.45) is 0 Å². The fraction of sp³-hybridized carbons (Fsp3) is 0.474. The van der Waals surface area contributed by atoms with E-state index in [0.717, 1.165) is 16.6 Å². The van der Waals surface area contributed by atoms with E-state index in [1.807, 2.05) is 0 Å². The number of aromatic nitrogens is 2. The van der Waals surface area contributed by atoms with Crippen molar-refractivity contribution in [1.82, 2.24) is 19.4 Å². The highest BCUT2D eigenvalue weighted by Gasteiger charge is 2.37. The quantitative estimate of drug-likeness (QED) is 0.768. The van der Waals surface area contributed by atoms with Crippen molar-refractivity contribution in [3.8, 4) is 5.69 Å². The lowest BCUT2D eigenvalue weighted by atomic mass is 10.1. The van der Waals surface area contributed by atoms with Crippen LogP contribution in [0.1, 0.15) is 35.4 Å². The van der Waals surface area contributed by atoms with Crippen molar-refractivity contribution in [3.05, 3.63) is 46.8 Å². The van der Waals surface area contributed by atoms with Gasteiger partial charge in [0.2, 0.25) is 15.9 Å². The number of halogens is 3. The van der Waals surface area contributed by atoms with Gasteiger partial charge < -0.3 is 5.32 Å². The van der Waals surface area contributed by atoms with Crippen LogP contribution in [0.15, 0.2) is 24.3 Å². The number of nitrogens with zero attached hydrogens (tertiary/aromatic N) is 3. The van der Waals surface area contributed by atoms with Gasteiger partial charge in [0.05, 0.1) is 23.2 Å². The molecule has 1 aliphatic heterocycles. The Hall–Kier alpha value is -2.40. The first-order valence-electron chi connectivity index (χ1n) is 9.36. The number of hydrogen-bond acceptors (Lipinski definition) is 4. The van der Waals surface area contributed by atoms with E-state index in [9.17, 15) is 26.4 Å². The van der Waals surface area contributed by atoms with Crippen molar-refractivity contribution in [2.75, 3.05) is 12.8 Å². The molecule has 0 bridgehead atoms. The first-order valence-corrected chi connectivity index (χ1v) is 11.2. The summed E-state index contributed by atoms with van der Waals surface area (Å²) >= 11 is 0. The van der Waals surface area contributed by atoms with E-state index < -0.39 is 33.7 Å². The molecule has 1 atom stereocenters. The second kappa shape index (κ2) is 8.03. The predicted molar refractivity (Wildman–Crippen MR) is 104 cm³/mol. The van der Waals surface area contributed by atoms with E-state index >= 15 is 0 Å². The van der Waals surface area contributed by atoms with Crippen molar-refractivity contribution in [3.63, 3.8) is 0 Å². The number of hydrogen-bond donors (Lipinski definition) is 1. The Labute approximate surface area is 172 Å². The summed E-state index contributed by atoms with van der Waals surface area (Å²) in [5, 5.41) is 6.67. The van der Waals surface area contributed by atoms with Crippen LogP contribution in [-0.4, -0.2) is 47.3 Å². The lowest BCUT2D eigenvalue weighted by Gasteiger charge is -2.22.